The lowest BCUT2D eigenvalue weighted by Gasteiger charge is -2.29. The van der Waals surface area contributed by atoms with E-state index in [2.05, 4.69) is 30.2 Å². The molecule has 0 spiro atoms. The van der Waals surface area contributed by atoms with Crippen LogP contribution in [0.2, 0.25) is 0 Å². The minimum absolute atomic E-state index is 0.411. The first-order valence-corrected chi connectivity index (χ1v) is 5.11. The normalized spacial score (nSPS) is 15.5. The van der Waals surface area contributed by atoms with Crippen LogP contribution in [-0.4, -0.2) is 19.3 Å². The first kappa shape index (κ1) is 10.1. The molecule has 0 bridgehead atoms. The number of anilines is 1. The van der Waals surface area contributed by atoms with Crippen molar-refractivity contribution in [1.29, 1.82) is 0 Å². The fraction of sp³-hybridized carbons (Fsp3) is 0.333. The summed E-state index contributed by atoms with van der Waals surface area (Å²) in [5, 5.41) is 6.51. The molecule has 0 amide bonds. The predicted octanol–water partition coefficient (Wildman–Crippen LogP) is 1.87. The average Bonchev–Trinajstić information content (AvgIpc) is 2.16. The van der Waals surface area contributed by atoms with Crippen molar-refractivity contribution in [3.8, 4) is 0 Å². The highest BCUT2D eigenvalue weighted by molar-refractivity contribution is 5.53. The molecule has 0 aliphatic carbocycles. The summed E-state index contributed by atoms with van der Waals surface area (Å²) in [7, 11) is 0. The van der Waals surface area contributed by atoms with Crippen LogP contribution in [0.25, 0.3) is 0 Å². The van der Waals surface area contributed by atoms with E-state index in [-0.39, 0.29) is 0 Å². The molecule has 3 heteroatoms. The Hall–Kier alpha value is -1.48. The molecule has 0 atom stereocenters. The topological polar surface area (TPSA) is 33.3 Å². The summed E-state index contributed by atoms with van der Waals surface area (Å²) in [6, 6.07) is 8.56. The quantitative estimate of drug-likeness (QED) is 0.785. The third-order valence-electron chi connectivity index (χ3n) is 2.45. The smallest absolute Gasteiger partial charge is 0.0960 e. The standard InChI is InChI=1S/C12H16N2O/c1-9-5-3-4-6-12(9)14-10(2)13-11-7-15-8-11/h3-6,11,13-14H,2,7-8H2,1H3. The van der Waals surface area contributed by atoms with Gasteiger partial charge in [-0.15, -0.1) is 0 Å². The van der Waals surface area contributed by atoms with Gasteiger partial charge < -0.3 is 15.4 Å². The fourth-order valence-electron chi connectivity index (χ4n) is 1.48. The number of para-hydroxylation sites is 1. The Balaban J connectivity index is 1.90. The highest BCUT2D eigenvalue weighted by atomic mass is 16.5. The second kappa shape index (κ2) is 4.36. The van der Waals surface area contributed by atoms with E-state index in [1.165, 1.54) is 5.56 Å². The van der Waals surface area contributed by atoms with Gasteiger partial charge >= 0.3 is 0 Å². The third kappa shape index (κ3) is 2.50. The lowest BCUT2D eigenvalue weighted by Crippen LogP contribution is -2.46. The van der Waals surface area contributed by atoms with E-state index in [0.717, 1.165) is 24.7 Å². The molecule has 1 heterocycles. The second-order valence-corrected chi connectivity index (χ2v) is 3.80. The van der Waals surface area contributed by atoms with Gasteiger partial charge in [0.15, 0.2) is 0 Å². The molecule has 1 aromatic rings. The molecule has 1 aromatic carbocycles. The SMILES string of the molecule is C=C(Nc1ccccc1C)NC1COC1. The monoisotopic (exact) mass is 204 g/mol. The Morgan fingerprint density at radius 2 is 2.13 bits per heavy atom. The molecule has 1 saturated heterocycles. The molecular weight excluding hydrogens is 188 g/mol. The van der Waals surface area contributed by atoms with Crippen LogP contribution in [0.3, 0.4) is 0 Å². The van der Waals surface area contributed by atoms with Gasteiger partial charge in [0.25, 0.3) is 0 Å². The van der Waals surface area contributed by atoms with Gasteiger partial charge in [-0.2, -0.15) is 0 Å². The van der Waals surface area contributed by atoms with E-state index in [9.17, 15) is 0 Å². The van der Waals surface area contributed by atoms with Gasteiger partial charge in [-0.05, 0) is 18.6 Å². The van der Waals surface area contributed by atoms with Gasteiger partial charge in [0.05, 0.1) is 25.1 Å². The van der Waals surface area contributed by atoms with Crippen LogP contribution in [-0.2, 0) is 4.74 Å². The van der Waals surface area contributed by atoms with Crippen molar-refractivity contribution in [2.24, 2.45) is 0 Å². The van der Waals surface area contributed by atoms with Gasteiger partial charge in [0.1, 0.15) is 0 Å². The summed E-state index contributed by atoms with van der Waals surface area (Å²) in [4.78, 5) is 0. The maximum atomic E-state index is 5.08. The number of benzene rings is 1. The van der Waals surface area contributed by atoms with Gasteiger partial charge in [-0.1, -0.05) is 24.8 Å². The molecule has 0 unspecified atom stereocenters. The van der Waals surface area contributed by atoms with Crippen molar-refractivity contribution in [1.82, 2.24) is 5.32 Å². The van der Waals surface area contributed by atoms with Crippen LogP contribution in [0.4, 0.5) is 5.69 Å². The van der Waals surface area contributed by atoms with Gasteiger partial charge in [0, 0.05) is 5.69 Å². The van der Waals surface area contributed by atoms with E-state index in [0.29, 0.717) is 6.04 Å². The Bertz CT molecular complexity index is 358. The Morgan fingerprint density at radius 1 is 1.40 bits per heavy atom. The predicted molar refractivity (Wildman–Crippen MR) is 61.7 cm³/mol. The van der Waals surface area contributed by atoms with Crippen LogP contribution >= 0.6 is 0 Å². The van der Waals surface area contributed by atoms with E-state index in [4.69, 9.17) is 4.74 Å². The summed E-state index contributed by atoms with van der Waals surface area (Å²) >= 11 is 0. The van der Waals surface area contributed by atoms with E-state index >= 15 is 0 Å². The fourth-order valence-corrected chi connectivity index (χ4v) is 1.48. The first-order chi connectivity index (χ1) is 7.25. The maximum absolute atomic E-state index is 5.08. The first-order valence-electron chi connectivity index (χ1n) is 5.11. The van der Waals surface area contributed by atoms with E-state index in [1.54, 1.807) is 0 Å². The summed E-state index contributed by atoms with van der Waals surface area (Å²) in [6.45, 7) is 7.55. The van der Waals surface area contributed by atoms with Crippen LogP contribution in [0.1, 0.15) is 5.56 Å². The highest BCUT2D eigenvalue weighted by Crippen LogP contribution is 2.14. The highest BCUT2D eigenvalue weighted by Gasteiger charge is 2.17. The van der Waals surface area contributed by atoms with Crippen molar-refractivity contribution in [3.05, 3.63) is 42.2 Å². The van der Waals surface area contributed by atoms with Crippen molar-refractivity contribution in [3.63, 3.8) is 0 Å². The Morgan fingerprint density at radius 3 is 2.73 bits per heavy atom. The van der Waals surface area contributed by atoms with Crippen molar-refractivity contribution >= 4 is 5.69 Å². The molecule has 15 heavy (non-hydrogen) atoms. The molecule has 0 saturated carbocycles. The number of rotatable bonds is 4. The molecule has 1 aliphatic rings. The second-order valence-electron chi connectivity index (χ2n) is 3.80. The minimum Gasteiger partial charge on any atom is -0.377 e. The van der Waals surface area contributed by atoms with Crippen LogP contribution in [0, 0.1) is 6.92 Å². The molecular formula is C12H16N2O. The summed E-state index contributed by atoms with van der Waals surface area (Å²) in [5.74, 6) is 0.831. The van der Waals surface area contributed by atoms with Gasteiger partial charge in [-0.25, -0.2) is 0 Å². The number of hydrogen-bond acceptors (Lipinski definition) is 3. The minimum atomic E-state index is 0.411. The van der Waals surface area contributed by atoms with E-state index in [1.807, 2.05) is 18.2 Å². The van der Waals surface area contributed by atoms with Crippen LogP contribution in [0.5, 0.6) is 0 Å². The number of hydrogen-bond donors (Lipinski definition) is 2. The van der Waals surface area contributed by atoms with Crippen molar-refractivity contribution in [2.75, 3.05) is 18.5 Å². The summed E-state index contributed by atoms with van der Waals surface area (Å²) < 4.78 is 5.08. The molecule has 0 aromatic heterocycles. The molecule has 0 radical (unpaired) electrons. The Labute approximate surface area is 90.1 Å². The number of ether oxygens (including phenoxy) is 1. The van der Waals surface area contributed by atoms with Gasteiger partial charge in [-0.3, -0.25) is 0 Å². The number of aryl methyl sites for hydroxylation is 1. The third-order valence-corrected chi connectivity index (χ3v) is 2.45. The maximum Gasteiger partial charge on any atom is 0.0960 e. The molecule has 3 nitrogen and oxygen atoms in total. The molecule has 1 aliphatic heterocycles. The zero-order chi connectivity index (χ0) is 10.7. The number of nitrogens with one attached hydrogen (secondary N) is 2. The molecule has 1 fully saturated rings. The lowest BCUT2D eigenvalue weighted by molar-refractivity contribution is -0.000528. The summed E-state index contributed by atoms with van der Waals surface area (Å²) in [5.41, 5.74) is 2.31. The van der Waals surface area contributed by atoms with Gasteiger partial charge in [0.2, 0.25) is 0 Å². The van der Waals surface area contributed by atoms with Crippen molar-refractivity contribution < 1.29 is 4.74 Å². The largest absolute Gasteiger partial charge is 0.377 e. The van der Waals surface area contributed by atoms with Crippen molar-refractivity contribution in [2.45, 2.75) is 13.0 Å². The van der Waals surface area contributed by atoms with Crippen LogP contribution in [0.15, 0.2) is 36.7 Å². The zero-order valence-corrected chi connectivity index (χ0v) is 8.92. The zero-order valence-electron chi connectivity index (χ0n) is 8.92. The lowest BCUT2D eigenvalue weighted by atomic mass is 10.2. The Kier molecular flexibility index (Phi) is 2.92. The average molecular weight is 204 g/mol. The van der Waals surface area contributed by atoms with Crippen LogP contribution < -0.4 is 10.6 Å². The van der Waals surface area contributed by atoms with E-state index < -0.39 is 0 Å². The molecule has 80 valence electrons. The molecule has 2 rings (SSSR count). The molecule has 2 N–H and O–H groups in total. The summed E-state index contributed by atoms with van der Waals surface area (Å²) in [6.07, 6.45) is 0.